The molecule has 0 aliphatic rings. The van der Waals surface area contributed by atoms with Crippen LogP contribution in [0.4, 0.5) is 0 Å². The number of aromatic nitrogens is 2. The number of hydrogen-bond acceptors (Lipinski definition) is 0. The minimum Gasteiger partial charge on any atom is -1.00 e. The average Bonchev–Trinajstić information content (AvgIpc) is 2.34. The molecule has 0 aliphatic carbocycles. The summed E-state index contributed by atoms with van der Waals surface area (Å²) in [6, 6.07) is 0. The maximum absolute atomic E-state index is 3.59. The highest BCUT2D eigenvalue weighted by Crippen LogP contribution is 1.81. The summed E-state index contributed by atoms with van der Waals surface area (Å²) in [4.78, 5) is 0. The molecule has 10 heavy (non-hydrogen) atoms. The van der Waals surface area contributed by atoms with E-state index in [2.05, 4.69) is 13.2 Å². The number of halogens is 1. The summed E-state index contributed by atoms with van der Waals surface area (Å²) in [6.45, 7) is 7.19. The van der Waals surface area contributed by atoms with Gasteiger partial charge in [-0.3, -0.25) is 0 Å². The predicted octanol–water partition coefficient (Wildman–Crippen LogP) is -2.02. The Balaban J connectivity index is 0.000000810. The van der Waals surface area contributed by atoms with Crippen LogP contribution in [0.15, 0.2) is 31.9 Å². The first-order valence-electron chi connectivity index (χ1n) is 2.70. The Labute approximate surface area is 70.9 Å². The van der Waals surface area contributed by atoms with E-state index in [0.717, 1.165) is 0 Å². The van der Waals surface area contributed by atoms with Crippen LogP contribution in [-0.4, -0.2) is 4.57 Å². The van der Waals surface area contributed by atoms with Gasteiger partial charge in [0.05, 0.1) is 12.4 Å². The number of hydrogen-bond donors (Lipinski definition) is 0. The maximum atomic E-state index is 3.59. The summed E-state index contributed by atoms with van der Waals surface area (Å²) in [5, 5.41) is 0. The topological polar surface area (TPSA) is 8.81 Å². The monoisotopic (exact) mass is 200 g/mol. The molecule has 1 aromatic heterocycles. The van der Waals surface area contributed by atoms with E-state index in [4.69, 9.17) is 0 Å². The smallest absolute Gasteiger partial charge is 0.253 e. The quantitative estimate of drug-likeness (QED) is 0.488. The summed E-state index contributed by atoms with van der Waals surface area (Å²) in [5.41, 5.74) is 0. The molecule has 0 N–H and O–H groups in total. The summed E-state index contributed by atoms with van der Waals surface area (Å²) in [5.74, 6) is 0. The molecule has 0 aliphatic heterocycles. The van der Waals surface area contributed by atoms with Crippen molar-refractivity contribution in [2.24, 2.45) is 0 Å². The normalized spacial score (nSPS) is 8.00. The summed E-state index contributed by atoms with van der Waals surface area (Å²) in [6.07, 6.45) is 9.11. The Hall–Kier alpha value is -0.830. The van der Waals surface area contributed by atoms with Gasteiger partial charge in [0, 0.05) is 0 Å². The van der Waals surface area contributed by atoms with Crippen molar-refractivity contribution < 1.29 is 21.5 Å². The van der Waals surface area contributed by atoms with Gasteiger partial charge in [0.1, 0.15) is 12.4 Å². The van der Waals surface area contributed by atoms with Crippen molar-refractivity contribution in [3.63, 3.8) is 0 Å². The van der Waals surface area contributed by atoms with Crippen LogP contribution in [-0.2, 0) is 0 Å². The van der Waals surface area contributed by atoms with Gasteiger partial charge in [0.15, 0.2) is 0 Å². The lowest BCUT2D eigenvalue weighted by Crippen LogP contribution is -3.00. The lowest BCUT2D eigenvalue weighted by molar-refractivity contribution is -0.566. The lowest BCUT2D eigenvalue weighted by Gasteiger charge is -1.76. The van der Waals surface area contributed by atoms with Crippen LogP contribution < -0.4 is 21.5 Å². The van der Waals surface area contributed by atoms with Crippen LogP contribution in [0.5, 0.6) is 0 Å². The second-order valence-corrected chi connectivity index (χ2v) is 1.67. The highest BCUT2D eigenvalue weighted by Gasteiger charge is 1.92. The van der Waals surface area contributed by atoms with Crippen molar-refractivity contribution in [3.8, 4) is 0 Å². The largest absolute Gasteiger partial charge is 1.00 e. The molecule has 0 radical (unpaired) electrons. The third-order valence-corrected chi connectivity index (χ3v) is 1.10. The van der Waals surface area contributed by atoms with Crippen molar-refractivity contribution in [1.29, 1.82) is 0 Å². The Morgan fingerprint density at radius 3 is 2.40 bits per heavy atom. The highest BCUT2D eigenvalue weighted by atomic mass is 79.9. The molecule has 0 amide bonds. The van der Waals surface area contributed by atoms with Crippen molar-refractivity contribution in [2.75, 3.05) is 0 Å². The number of nitrogens with zero attached hydrogens (tertiary/aromatic N) is 2. The molecule has 0 aromatic carbocycles. The fraction of sp³-hybridized carbons (Fsp3) is 0. The molecule has 2 nitrogen and oxygen atoms in total. The Morgan fingerprint density at radius 1 is 1.40 bits per heavy atom. The third kappa shape index (κ3) is 1.84. The van der Waals surface area contributed by atoms with Gasteiger partial charge in [0.2, 0.25) is 0 Å². The second-order valence-electron chi connectivity index (χ2n) is 1.67. The summed E-state index contributed by atoms with van der Waals surface area (Å²) >= 11 is 0. The van der Waals surface area contributed by atoms with E-state index in [1.165, 1.54) is 0 Å². The first-order chi connectivity index (χ1) is 4.36. The molecule has 0 bridgehead atoms. The minimum absolute atomic E-state index is 0. The van der Waals surface area contributed by atoms with Crippen LogP contribution in [0.1, 0.15) is 0 Å². The first kappa shape index (κ1) is 9.17. The molecule has 1 heterocycles. The molecule has 0 saturated carbocycles. The molecular weight excluding hydrogens is 192 g/mol. The van der Waals surface area contributed by atoms with E-state index in [9.17, 15) is 0 Å². The van der Waals surface area contributed by atoms with Crippen LogP contribution in [0, 0.1) is 0 Å². The summed E-state index contributed by atoms with van der Waals surface area (Å²) < 4.78 is 3.70. The zero-order valence-corrected chi connectivity index (χ0v) is 7.16. The van der Waals surface area contributed by atoms with E-state index in [1.807, 2.05) is 27.9 Å². The van der Waals surface area contributed by atoms with E-state index >= 15 is 0 Å². The summed E-state index contributed by atoms with van der Waals surface area (Å²) in [7, 11) is 0. The van der Waals surface area contributed by atoms with Crippen molar-refractivity contribution >= 4 is 12.4 Å². The van der Waals surface area contributed by atoms with Crippen LogP contribution in [0.25, 0.3) is 12.4 Å². The van der Waals surface area contributed by atoms with Gasteiger partial charge in [-0.05, 0) is 0 Å². The van der Waals surface area contributed by atoms with Crippen LogP contribution >= 0.6 is 0 Å². The van der Waals surface area contributed by atoms with E-state index in [1.54, 1.807) is 12.4 Å². The fourth-order valence-electron chi connectivity index (χ4n) is 0.601. The zero-order chi connectivity index (χ0) is 6.69. The first-order valence-corrected chi connectivity index (χ1v) is 2.70. The molecule has 0 spiro atoms. The van der Waals surface area contributed by atoms with Gasteiger partial charge >= 0.3 is 0 Å². The van der Waals surface area contributed by atoms with E-state index in [0.29, 0.717) is 0 Å². The van der Waals surface area contributed by atoms with Crippen molar-refractivity contribution in [1.82, 2.24) is 4.57 Å². The van der Waals surface area contributed by atoms with E-state index < -0.39 is 0 Å². The van der Waals surface area contributed by atoms with Gasteiger partial charge in [-0.25, -0.2) is 9.13 Å². The van der Waals surface area contributed by atoms with Crippen molar-refractivity contribution in [3.05, 3.63) is 31.9 Å². The molecule has 0 unspecified atom stereocenters. The maximum Gasteiger partial charge on any atom is 0.253 e. The predicted molar refractivity (Wildman–Crippen MR) is 37.4 cm³/mol. The molecule has 3 heteroatoms. The van der Waals surface area contributed by atoms with E-state index in [-0.39, 0.29) is 17.0 Å². The second kappa shape index (κ2) is 4.06. The van der Waals surface area contributed by atoms with Gasteiger partial charge in [-0.2, -0.15) is 0 Å². The molecule has 0 saturated heterocycles. The van der Waals surface area contributed by atoms with Gasteiger partial charge in [-0.15, -0.1) is 0 Å². The highest BCUT2D eigenvalue weighted by molar-refractivity contribution is 5.13. The third-order valence-electron chi connectivity index (χ3n) is 1.10. The van der Waals surface area contributed by atoms with Gasteiger partial charge in [-0.1, -0.05) is 13.2 Å². The van der Waals surface area contributed by atoms with Crippen molar-refractivity contribution in [2.45, 2.75) is 0 Å². The van der Waals surface area contributed by atoms with Crippen LogP contribution in [0.3, 0.4) is 0 Å². The molecular formula is C7H9BrN2. The SMILES string of the molecule is C=Cn1cc[n+](C=C)c1.[Br-]. The molecule has 54 valence electrons. The number of rotatable bonds is 2. The minimum atomic E-state index is 0. The Morgan fingerprint density at radius 2 is 2.10 bits per heavy atom. The van der Waals surface area contributed by atoms with Gasteiger partial charge < -0.3 is 17.0 Å². The van der Waals surface area contributed by atoms with Crippen LogP contribution in [0.2, 0.25) is 0 Å². The standard InChI is InChI=1S/C7H9N2.BrH/c1-3-8-5-6-9(4-2)7-8;/h3-7H,1-2H2;1H/q+1;/p-1. The number of imidazole rings is 1. The van der Waals surface area contributed by atoms with Gasteiger partial charge in [0.25, 0.3) is 6.33 Å². The Bertz CT molecular complexity index is 205. The molecule has 1 rings (SSSR count). The zero-order valence-electron chi connectivity index (χ0n) is 5.57. The molecule has 0 fully saturated rings. The molecule has 0 atom stereocenters. The molecule has 1 aromatic rings. The Kier molecular flexibility index (Phi) is 3.72. The average molecular weight is 201 g/mol. The fourth-order valence-corrected chi connectivity index (χ4v) is 0.601. The lowest BCUT2D eigenvalue weighted by atomic mass is 10.8.